The highest BCUT2D eigenvalue weighted by Gasteiger charge is 1.96. The summed E-state index contributed by atoms with van der Waals surface area (Å²) in [5.74, 6) is 0.455. The molecule has 0 unspecified atom stereocenters. The van der Waals surface area contributed by atoms with E-state index >= 15 is 0 Å². The molecule has 0 aliphatic heterocycles. The molecule has 0 saturated heterocycles. The van der Waals surface area contributed by atoms with Gasteiger partial charge in [0.2, 0.25) is 5.91 Å². The van der Waals surface area contributed by atoms with E-state index in [1.54, 1.807) is 6.20 Å². The Morgan fingerprint density at radius 2 is 2.53 bits per heavy atom. The molecule has 0 fully saturated rings. The first-order valence-corrected chi connectivity index (χ1v) is 4.75. The fourth-order valence-electron chi connectivity index (χ4n) is 1.10. The fraction of sp³-hybridized carbons (Fsp3) is 0.556. The third-order valence-corrected chi connectivity index (χ3v) is 1.74. The van der Waals surface area contributed by atoms with Gasteiger partial charge in [0.15, 0.2) is 0 Å². The zero-order chi connectivity index (χ0) is 11.1. The molecule has 1 heterocycles. The Balaban J connectivity index is 2.00. The fourth-order valence-corrected chi connectivity index (χ4v) is 1.10. The largest absolute Gasteiger partial charge is 0.370 e. The van der Waals surface area contributed by atoms with E-state index < -0.39 is 5.91 Å². The minimum absolute atomic E-state index is 0.0230. The zero-order valence-corrected chi connectivity index (χ0v) is 8.75. The van der Waals surface area contributed by atoms with Crippen molar-refractivity contribution >= 4 is 5.91 Å². The lowest BCUT2D eigenvalue weighted by Gasteiger charge is -2.03. The highest BCUT2D eigenvalue weighted by Crippen LogP contribution is 1.93. The maximum absolute atomic E-state index is 10.3. The van der Waals surface area contributed by atoms with E-state index in [-0.39, 0.29) is 6.61 Å². The number of H-pyrrole nitrogens is 1. The van der Waals surface area contributed by atoms with E-state index in [0.717, 1.165) is 11.5 Å². The number of hydrogen-bond donors (Lipinski definition) is 3. The van der Waals surface area contributed by atoms with Crippen molar-refractivity contribution in [3.63, 3.8) is 0 Å². The maximum Gasteiger partial charge on any atom is 0.243 e. The molecule has 0 aliphatic rings. The van der Waals surface area contributed by atoms with Crippen LogP contribution in [0.5, 0.6) is 0 Å². The number of carbonyl (C=O) groups excluding carboxylic acids is 1. The van der Waals surface area contributed by atoms with Crippen LogP contribution in [0.4, 0.5) is 0 Å². The second-order valence-electron chi connectivity index (χ2n) is 3.19. The average Bonchev–Trinajstić information content (AvgIpc) is 2.57. The number of rotatable bonds is 7. The average molecular weight is 212 g/mol. The van der Waals surface area contributed by atoms with Crippen molar-refractivity contribution in [1.29, 1.82) is 0 Å². The summed E-state index contributed by atoms with van der Waals surface area (Å²) in [4.78, 5) is 17.5. The molecule has 0 aliphatic carbocycles. The van der Waals surface area contributed by atoms with Crippen LogP contribution in [0.2, 0.25) is 0 Å². The first-order chi connectivity index (χ1) is 7.18. The lowest BCUT2D eigenvalue weighted by atomic mass is 10.4. The van der Waals surface area contributed by atoms with E-state index in [0.29, 0.717) is 19.7 Å². The number of carbonyl (C=O) groups is 1. The van der Waals surface area contributed by atoms with Gasteiger partial charge < -0.3 is 20.8 Å². The van der Waals surface area contributed by atoms with Crippen molar-refractivity contribution in [2.75, 3.05) is 19.8 Å². The molecule has 0 spiro atoms. The topological polar surface area (TPSA) is 93.0 Å². The summed E-state index contributed by atoms with van der Waals surface area (Å²) in [6.07, 6.45) is 1.78. The molecule has 0 bridgehead atoms. The molecule has 0 radical (unpaired) electrons. The number of nitrogens with zero attached hydrogens (tertiary/aromatic N) is 1. The molecule has 84 valence electrons. The summed E-state index contributed by atoms with van der Waals surface area (Å²) in [5, 5.41) is 3.14. The van der Waals surface area contributed by atoms with Crippen molar-refractivity contribution in [2.45, 2.75) is 13.5 Å². The molecule has 0 saturated carbocycles. The molecular formula is C9H16N4O2. The van der Waals surface area contributed by atoms with Crippen molar-refractivity contribution < 1.29 is 9.53 Å². The van der Waals surface area contributed by atoms with E-state index in [9.17, 15) is 4.79 Å². The van der Waals surface area contributed by atoms with Crippen LogP contribution in [0.15, 0.2) is 6.20 Å². The van der Waals surface area contributed by atoms with Crippen molar-refractivity contribution in [2.24, 2.45) is 5.73 Å². The predicted molar refractivity (Wildman–Crippen MR) is 55.0 cm³/mol. The first-order valence-electron chi connectivity index (χ1n) is 4.75. The van der Waals surface area contributed by atoms with Crippen molar-refractivity contribution in [1.82, 2.24) is 15.3 Å². The summed E-state index contributed by atoms with van der Waals surface area (Å²) in [6.45, 7) is 3.73. The van der Waals surface area contributed by atoms with Crippen LogP contribution in [0, 0.1) is 6.92 Å². The number of aryl methyl sites for hydroxylation is 1. The van der Waals surface area contributed by atoms with Gasteiger partial charge in [-0.25, -0.2) is 4.98 Å². The van der Waals surface area contributed by atoms with Crippen LogP contribution in [0.1, 0.15) is 11.5 Å². The van der Waals surface area contributed by atoms with E-state index in [2.05, 4.69) is 15.3 Å². The second kappa shape index (κ2) is 6.15. The normalized spacial score (nSPS) is 10.5. The molecule has 1 rings (SSSR count). The first kappa shape index (κ1) is 11.7. The summed E-state index contributed by atoms with van der Waals surface area (Å²) in [6, 6.07) is 0. The minimum Gasteiger partial charge on any atom is -0.370 e. The van der Waals surface area contributed by atoms with Gasteiger partial charge in [-0.2, -0.15) is 0 Å². The predicted octanol–water partition coefficient (Wildman–Crippen LogP) is -0.690. The summed E-state index contributed by atoms with van der Waals surface area (Å²) in [7, 11) is 0. The van der Waals surface area contributed by atoms with Gasteiger partial charge in [-0.05, 0) is 6.92 Å². The molecule has 0 aromatic carbocycles. The number of ether oxygens (including phenoxy) is 1. The summed E-state index contributed by atoms with van der Waals surface area (Å²) >= 11 is 0. The molecule has 1 amide bonds. The molecular weight excluding hydrogens is 196 g/mol. The van der Waals surface area contributed by atoms with Crippen LogP contribution in [-0.2, 0) is 16.1 Å². The number of nitrogens with one attached hydrogen (secondary N) is 2. The molecule has 1 aromatic heterocycles. The number of amides is 1. The SMILES string of the molecule is Cc1ncc(CNCCOCC(N)=O)[nH]1. The lowest BCUT2D eigenvalue weighted by Crippen LogP contribution is -2.23. The van der Waals surface area contributed by atoms with Gasteiger partial charge in [0.1, 0.15) is 12.4 Å². The van der Waals surface area contributed by atoms with Crippen LogP contribution in [-0.4, -0.2) is 35.6 Å². The van der Waals surface area contributed by atoms with Crippen LogP contribution >= 0.6 is 0 Å². The minimum atomic E-state index is -0.445. The van der Waals surface area contributed by atoms with Crippen molar-refractivity contribution in [3.05, 3.63) is 17.7 Å². The third kappa shape index (κ3) is 5.14. The molecule has 6 heteroatoms. The van der Waals surface area contributed by atoms with E-state index in [4.69, 9.17) is 10.5 Å². The highest BCUT2D eigenvalue weighted by molar-refractivity contribution is 5.74. The number of nitrogens with two attached hydrogens (primary N) is 1. The Kier molecular flexibility index (Phi) is 4.79. The molecule has 1 aromatic rings. The number of imidazole rings is 1. The van der Waals surface area contributed by atoms with Gasteiger partial charge in [0.25, 0.3) is 0 Å². The smallest absolute Gasteiger partial charge is 0.243 e. The van der Waals surface area contributed by atoms with Crippen molar-refractivity contribution in [3.8, 4) is 0 Å². The van der Waals surface area contributed by atoms with Gasteiger partial charge in [0, 0.05) is 25.0 Å². The van der Waals surface area contributed by atoms with E-state index in [1.807, 2.05) is 6.92 Å². The second-order valence-corrected chi connectivity index (χ2v) is 3.19. The lowest BCUT2D eigenvalue weighted by molar-refractivity contribution is -0.122. The quantitative estimate of drug-likeness (QED) is 0.521. The molecule has 6 nitrogen and oxygen atoms in total. The molecule has 0 atom stereocenters. The molecule has 15 heavy (non-hydrogen) atoms. The monoisotopic (exact) mass is 212 g/mol. The Morgan fingerprint density at radius 1 is 1.73 bits per heavy atom. The van der Waals surface area contributed by atoms with Crippen LogP contribution in [0.3, 0.4) is 0 Å². The van der Waals surface area contributed by atoms with Gasteiger partial charge in [-0.1, -0.05) is 0 Å². The van der Waals surface area contributed by atoms with Gasteiger partial charge in [-0.15, -0.1) is 0 Å². The summed E-state index contributed by atoms with van der Waals surface area (Å²) < 4.78 is 4.98. The number of hydrogen-bond acceptors (Lipinski definition) is 4. The Labute approximate surface area is 88.2 Å². The van der Waals surface area contributed by atoms with E-state index in [1.165, 1.54) is 0 Å². The van der Waals surface area contributed by atoms with Gasteiger partial charge >= 0.3 is 0 Å². The van der Waals surface area contributed by atoms with Gasteiger partial charge in [0.05, 0.1) is 6.61 Å². The highest BCUT2D eigenvalue weighted by atomic mass is 16.5. The third-order valence-electron chi connectivity index (χ3n) is 1.74. The number of aromatic amines is 1. The Morgan fingerprint density at radius 3 is 3.13 bits per heavy atom. The van der Waals surface area contributed by atoms with Crippen LogP contribution < -0.4 is 11.1 Å². The van der Waals surface area contributed by atoms with Gasteiger partial charge in [-0.3, -0.25) is 4.79 Å². The zero-order valence-electron chi connectivity index (χ0n) is 8.75. The maximum atomic E-state index is 10.3. The Bertz CT molecular complexity index is 311. The standard InChI is InChI=1S/C9H16N4O2/c1-7-12-5-8(13-7)4-11-2-3-15-6-9(10)14/h5,11H,2-4,6H2,1H3,(H2,10,14)(H,12,13). The number of aromatic nitrogens is 2. The number of primary amides is 1. The molecule has 4 N–H and O–H groups in total. The van der Waals surface area contributed by atoms with Crippen LogP contribution in [0.25, 0.3) is 0 Å². The Hall–Kier alpha value is -1.40. The summed E-state index contributed by atoms with van der Waals surface area (Å²) in [5.41, 5.74) is 5.93.